The summed E-state index contributed by atoms with van der Waals surface area (Å²) in [5, 5.41) is 0. The van der Waals surface area contributed by atoms with Gasteiger partial charge in [-0.05, 0) is 45.1 Å². The molecule has 1 aromatic heterocycles. The molecule has 96 valence electrons. The summed E-state index contributed by atoms with van der Waals surface area (Å²) in [5.41, 5.74) is 5.85. The van der Waals surface area contributed by atoms with Crippen LogP contribution >= 0.6 is 0 Å². The van der Waals surface area contributed by atoms with Crippen molar-refractivity contribution in [2.45, 2.75) is 12.5 Å². The zero-order valence-corrected chi connectivity index (χ0v) is 10.8. The fourth-order valence-electron chi connectivity index (χ4n) is 2.70. The maximum atomic E-state index is 5.85. The van der Waals surface area contributed by atoms with Crippen molar-refractivity contribution < 1.29 is 4.42 Å². The van der Waals surface area contributed by atoms with Crippen LogP contribution in [0.5, 0.6) is 0 Å². The third-order valence-electron chi connectivity index (χ3n) is 3.66. The second kappa shape index (κ2) is 5.67. The van der Waals surface area contributed by atoms with Gasteiger partial charge in [-0.25, -0.2) is 0 Å². The van der Waals surface area contributed by atoms with E-state index in [1.165, 1.54) is 19.5 Å². The van der Waals surface area contributed by atoms with Crippen LogP contribution in [0.2, 0.25) is 0 Å². The van der Waals surface area contributed by atoms with Gasteiger partial charge in [-0.3, -0.25) is 4.90 Å². The lowest BCUT2D eigenvalue weighted by molar-refractivity contribution is 0.190. The van der Waals surface area contributed by atoms with E-state index < -0.39 is 0 Å². The maximum Gasteiger partial charge on any atom is 0.122 e. The van der Waals surface area contributed by atoms with E-state index in [4.69, 9.17) is 10.2 Å². The molecule has 0 radical (unpaired) electrons. The number of rotatable bonds is 5. The lowest BCUT2D eigenvalue weighted by atomic mass is 10.1. The SMILES string of the molecule is CN1CCC(CN(C)C(CN)c2ccco2)C1. The Kier molecular flexibility index (Phi) is 4.20. The lowest BCUT2D eigenvalue weighted by Crippen LogP contribution is -2.34. The summed E-state index contributed by atoms with van der Waals surface area (Å²) in [6.07, 6.45) is 3.01. The van der Waals surface area contributed by atoms with E-state index in [1.54, 1.807) is 6.26 Å². The molecule has 1 aliphatic rings. The molecule has 2 rings (SSSR count). The van der Waals surface area contributed by atoms with E-state index >= 15 is 0 Å². The molecule has 2 unspecified atom stereocenters. The standard InChI is InChI=1S/C13H23N3O/c1-15-6-5-11(9-15)10-16(2)12(8-14)13-4-3-7-17-13/h3-4,7,11-12H,5-6,8-10,14H2,1-2H3. The molecule has 1 aliphatic heterocycles. The van der Waals surface area contributed by atoms with Crippen LogP contribution in [-0.2, 0) is 0 Å². The van der Waals surface area contributed by atoms with Gasteiger partial charge in [0, 0.05) is 19.6 Å². The first-order valence-corrected chi connectivity index (χ1v) is 6.33. The van der Waals surface area contributed by atoms with Gasteiger partial charge in [-0.1, -0.05) is 0 Å². The summed E-state index contributed by atoms with van der Waals surface area (Å²) in [4.78, 5) is 4.71. The summed E-state index contributed by atoms with van der Waals surface area (Å²) in [5.74, 6) is 1.73. The fraction of sp³-hybridized carbons (Fsp3) is 0.692. The van der Waals surface area contributed by atoms with Crippen LogP contribution in [0.3, 0.4) is 0 Å². The van der Waals surface area contributed by atoms with E-state index in [0.717, 1.165) is 18.2 Å². The highest BCUT2D eigenvalue weighted by atomic mass is 16.3. The van der Waals surface area contributed by atoms with E-state index in [2.05, 4.69) is 23.9 Å². The van der Waals surface area contributed by atoms with Crippen LogP contribution < -0.4 is 5.73 Å². The van der Waals surface area contributed by atoms with Gasteiger partial charge in [-0.15, -0.1) is 0 Å². The Bertz CT molecular complexity index is 325. The molecule has 2 atom stereocenters. The van der Waals surface area contributed by atoms with Crippen molar-refractivity contribution in [3.63, 3.8) is 0 Å². The summed E-state index contributed by atoms with van der Waals surface area (Å²) >= 11 is 0. The number of likely N-dealkylation sites (tertiary alicyclic amines) is 1. The molecule has 17 heavy (non-hydrogen) atoms. The molecule has 0 spiro atoms. The largest absolute Gasteiger partial charge is 0.468 e. The molecule has 0 aliphatic carbocycles. The zero-order valence-electron chi connectivity index (χ0n) is 10.8. The molecule has 2 N–H and O–H groups in total. The third-order valence-corrected chi connectivity index (χ3v) is 3.66. The predicted molar refractivity (Wildman–Crippen MR) is 68.7 cm³/mol. The second-order valence-electron chi connectivity index (χ2n) is 5.12. The molecule has 1 fully saturated rings. The molecule has 4 heteroatoms. The monoisotopic (exact) mass is 237 g/mol. The van der Waals surface area contributed by atoms with Gasteiger partial charge < -0.3 is 15.1 Å². The quantitative estimate of drug-likeness (QED) is 0.835. The van der Waals surface area contributed by atoms with Gasteiger partial charge in [0.05, 0.1) is 12.3 Å². The minimum absolute atomic E-state index is 0.205. The van der Waals surface area contributed by atoms with Crippen molar-refractivity contribution in [2.24, 2.45) is 11.7 Å². The van der Waals surface area contributed by atoms with E-state index in [-0.39, 0.29) is 6.04 Å². The minimum atomic E-state index is 0.205. The molecular weight excluding hydrogens is 214 g/mol. The van der Waals surface area contributed by atoms with Gasteiger partial charge in [-0.2, -0.15) is 0 Å². The number of nitrogens with two attached hydrogens (primary N) is 1. The molecule has 2 heterocycles. The summed E-state index contributed by atoms with van der Waals surface area (Å²) in [6, 6.07) is 4.14. The first-order valence-electron chi connectivity index (χ1n) is 6.33. The zero-order chi connectivity index (χ0) is 12.3. The average Bonchev–Trinajstić information content (AvgIpc) is 2.92. The Morgan fingerprint density at radius 3 is 3.00 bits per heavy atom. The van der Waals surface area contributed by atoms with Gasteiger partial charge in [0.15, 0.2) is 0 Å². The summed E-state index contributed by atoms with van der Waals surface area (Å²) in [6.45, 7) is 4.10. The number of hydrogen-bond acceptors (Lipinski definition) is 4. The number of likely N-dealkylation sites (N-methyl/N-ethyl adjacent to an activating group) is 1. The predicted octanol–water partition coefficient (Wildman–Crippen LogP) is 1.16. The van der Waals surface area contributed by atoms with Crippen LogP contribution in [0, 0.1) is 5.92 Å². The highest BCUT2D eigenvalue weighted by Crippen LogP contribution is 2.22. The van der Waals surface area contributed by atoms with Crippen molar-refractivity contribution >= 4 is 0 Å². The van der Waals surface area contributed by atoms with Crippen molar-refractivity contribution in [3.8, 4) is 0 Å². The molecule has 0 amide bonds. The maximum absolute atomic E-state index is 5.85. The van der Waals surface area contributed by atoms with Crippen LogP contribution in [0.4, 0.5) is 0 Å². The highest BCUT2D eigenvalue weighted by Gasteiger charge is 2.25. The van der Waals surface area contributed by atoms with Gasteiger partial charge >= 0.3 is 0 Å². The van der Waals surface area contributed by atoms with Crippen molar-refractivity contribution in [3.05, 3.63) is 24.2 Å². The number of hydrogen-bond donors (Lipinski definition) is 1. The molecular formula is C13H23N3O. The summed E-state index contributed by atoms with van der Waals surface area (Å²) < 4.78 is 5.46. The molecule has 0 bridgehead atoms. The second-order valence-corrected chi connectivity index (χ2v) is 5.12. The van der Waals surface area contributed by atoms with E-state index in [0.29, 0.717) is 6.54 Å². The molecule has 4 nitrogen and oxygen atoms in total. The first-order chi connectivity index (χ1) is 8.20. The minimum Gasteiger partial charge on any atom is -0.468 e. The van der Waals surface area contributed by atoms with Crippen molar-refractivity contribution in [2.75, 3.05) is 40.3 Å². The number of nitrogens with zero attached hydrogens (tertiary/aromatic N) is 2. The molecule has 1 aromatic rings. The normalized spacial score (nSPS) is 23.4. The fourth-order valence-corrected chi connectivity index (χ4v) is 2.70. The molecule has 1 saturated heterocycles. The van der Waals surface area contributed by atoms with Gasteiger partial charge in [0.2, 0.25) is 0 Å². The van der Waals surface area contributed by atoms with E-state index in [1.807, 2.05) is 12.1 Å². The molecule has 0 saturated carbocycles. The smallest absolute Gasteiger partial charge is 0.122 e. The first kappa shape index (κ1) is 12.6. The highest BCUT2D eigenvalue weighted by molar-refractivity contribution is 5.05. The average molecular weight is 237 g/mol. The Balaban J connectivity index is 1.91. The van der Waals surface area contributed by atoms with Crippen LogP contribution in [0.25, 0.3) is 0 Å². The van der Waals surface area contributed by atoms with Crippen molar-refractivity contribution in [1.29, 1.82) is 0 Å². The van der Waals surface area contributed by atoms with Crippen LogP contribution in [0.1, 0.15) is 18.2 Å². The Morgan fingerprint density at radius 1 is 1.65 bits per heavy atom. The Hall–Kier alpha value is -0.840. The summed E-state index contributed by atoms with van der Waals surface area (Å²) in [7, 11) is 4.32. The van der Waals surface area contributed by atoms with Crippen LogP contribution in [0.15, 0.2) is 22.8 Å². The van der Waals surface area contributed by atoms with E-state index in [9.17, 15) is 0 Å². The van der Waals surface area contributed by atoms with Gasteiger partial charge in [0.1, 0.15) is 5.76 Å². The van der Waals surface area contributed by atoms with Gasteiger partial charge in [0.25, 0.3) is 0 Å². The lowest BCUT2D eigenvalue weighted by Gasteiger charge is -2.27. The number of furan rings is 1. The van der Waals surface area contributed by atoms with Crippen molar-refractivity contribution in [1.82, 2.24) is 9.80 Å². The Labute approximate surface area is 103 Å². The van der Waals surface area contributed by atoms with Crippen LogP contribution in [-0.4, -0.2) is 50.1 Å². The molecule has 0 aromatic carbocycles. The Morgan fingerprint density at radius 2 is 2.47 bits per heavy atom. The third kappa shape index (κ3) is 3.09. The topological polar surface area (TPSA) is 45.6 Å².